The summed E-state index contributed by atoms with van der Waals surface area (Å²) < 4.78 is 121. The van der Waals surface area contributed by atoms with E-state index in [-0.39, 0.29) is 128 Å². The fourth-order valence-corrected chi connectivity index (χ4v) is 9.79. The molecule has 320 valence electrons. The number of ether oxygens (including phenoxy) is 3. The summed E-state index contributed by atoms with van der Waals surface area (Å²) in [5.74, 6) is -3.50. The van der Waals surface area contributed by atoms with Crippen LogP contribution < -0.4 is 19.7 Å². The summed E-state index contributed by atoms with van der Waals surface area (Å²) in [6.45, 7) is 1.47. The van der Waals surface area contributed by atoms with Crippen molar-refractivity contribution in [3.63, 3.8) is 0 Å². The molecule has 2 aromatic heterocycles. The van der Waals surface area contributed by atoms with Gasteiger partial charge in [-0.3, -0.25) is 9.88 Å². The normalized spacial score (nSPS) is 27.3. The molecule has 0 aliphatic carbocycles. The molecule has 60 heavy (non-hydrogen) atoms. The molecule has 6 aliphatic rings. The van der Waals surface area contributed by atoms with Crippen LogP contribution in [-0.2, 0) is 11.2 Å². The van der Waals surface area contributed by atoms with Gasteiger partial charge in [-0.25, -0.2) is 27.2 Å². The van der Waals surface area contributed by atoms with Gasteiger partial charge in [-0.2, -0.15) is 23.1 Å². The molecule has 8 heterocycles. The second-order valence-electron chi connectivity index (χ2n) is 16.9. The van der Waals surface area contributed by atoms with Gasteiger partial charge < -0.3 is 29.3 Å². The number of aromatic nitrogens is 3. The zero-order valence-corrected chi connectivity index (χ0v) is 32.6. The molecule has 4 saturated heterocycles. The van der Waals surface area contributed by atoms with Crippen molar-refractivity contribution in [2.24, 2.45) is 5.92 Å². The number of benzene rings is 2. The standard InChI is InChI=1S/C41H42F7N7O5/c1-39-14-24(42)18-54(20-39)35-29-16-49-33(32(45)34(29)50-36(51-35)59-21-40-8-3-9-55(40)19-25(43)15-40)28-13-26(60-38(57)53-10-7-23(17-53)41(46,47)48)12-22-5-6-30(44)27(31(22)28)4-2-11-58-37(56)52-39/h5-6,12-13,16,23-25H,2-4,7-11,14-15,17-21H2,1H3,(H,52,56)/t23?,24-,25-,39-,40+/m1/s1. The smallest absolute Gasteiger partial charge is 0.415 e. The van der Waals surface area contributed by atoms with E-state index in [9.17, 15) is 27.2 Å². The summed E-state index contributed by atoms with van der Waals surface area (Å²) in [6, 6.07) is 4.95. The highest BCUT2D eigenvalue weighted by Gasteiger charge is 2.50. The number of pyridine rings is 1. The number of fused-ring (bicyclic) bond motifs is 7. The van der Waals surface area contributed by atoms with Crippen molar-refractivity contribution in [3.05, 3.63) is 47.7 Å². The van der Waals surface area contributed by atoms with Gasteiger partial charge in [0, 0.05) is 50.8 Å². The first-order valence-corrected chi connectivity index (χ1v) is 20.1. The van der Waals surface area contributed by atoms with Crippen LogP contribution in [0.3, 0.4) is 0 Å². The Balaban J connectivity index is 1.19. The molecule has 6 aliphatic heterocycles. The molecule has 2 aromatic carbocycles. The Morgan fingerprint density at radius 3 is 2.67 bits per heavy atom. The molecule has 12 nitrogen and oxygen atoms in total. The zero-order valence-electron chi connectivity index (χ0n) is 32.6. The van der Waals surface area contributed by atoms with Gasteiger partial charge in [-0.15, -0.1) is 0 Å². The first-order chi connectivity index (χ1) is 28.6. The van der Waals surface area contributed by atoms with Crippen LogP contribution in [0, 0.1) is 17.6 Å². The average Bonchev–Trinajstić information content (AvgIpc) is 3.91. The molecule has 1 unspecified atom stereocenters. The minimum Gasteiger partial charge on any atom is -0.461 e. The number of alkyl halides is 5. The number of hydrogen-bond donors (Lipinski definition) is 1. The second-order valence-corrected chi connectivity index (χ2v) is 16.9. The largest absolute Gasteiger partial charge is 0.461 e. The Kier molecular flexibility index (Phi) is 10.1. The van der Waals surface area contributed by atoms with E-state index in [1.54, 1.807) is 11.8 Å². The quantitative estimate of drug-likeness (QED) is 0.208. The van der Waals surface area contributed by atoms with Gasteiger partial charge in [-0.05, 0) is 80.1 Å². The Morgan fingerprint density at radius 1 is 1.05 bits per heavy atom. The van der Waals surface area contributed by atoms with E-state index in [4.69, 9.17) is 14.2 Å². The highest BCUT2D eigenvalue weighted by atomic mass is 19.4. The predicted octanol–water partition coefficient (Wildman–Crippen LogP) is 7.44. The van der Waals surface area contributed by atoms with Gasteiger partial charge in [0.25, 0.3) is 0 Å². The van der Waals surface area contributed by atoms with E-state index < -0.39 is 65.9 Å². The fourth-order valence-electron chi connectivity index (χ4n) is 9.79. The lowest BCUT2D eigenvalue weighted by molar-refractivity contribution is -0.170. The van der Waals surface area contributed by atoms with Gasteiger partial charge in [0.2, 0.25) is 0 Å². The molecule has 4 aromatic rings. The first-order valence-electron chi connectivity index (χ1n) is 20.1. The number of hydrogen-bond acceptors (Lipinski definition) is 10. The summed E-state index contributed by atoms with van der Waals surface area (Å²) in [4.78, 5) is 44.5. The highest BCUT2D eigenvalue weighted by molar-refractivity contribution is 6.02. The second kappa shape index (κ2) is 15.1. The van der Waals surface area contributed by atoms with Crippen molar-refractivity contribution in [1.29, 1.82) is 0 Å². The van der Waals surface area contributed by atoms with E-state index in [0.717, 1.165) is 11.3 Å². The molecule has 10 rings (SSSR count). The minimum absolute atomic E-state index is 0.00377. The third-order valence-electron chi connectivity index (χ3n) is 12.5. The Hall–Kier alpha value is -5.20. The number of carbonyl (C=O) groups excluding carboxylic acids is 2. The molecular formula is C41H42F7N7O5. The molecule has 19 heteroatoms. The maximum absolute atomic E-state index is 17.5. The zero-order chi connectivity index (χ0) is 42.1. The first kappa shape index (κ1) is 40.2. The Bertz CT molecular complexity index is 2370. The summed E-state index contributed by atoms with van der Waals surface area (Å²) in [7, 11) is 0. The highest BCUT2D eigenvalue weighted by Crippen LogP contribution is 2.43. The van der Waals surface area contributed by atoms with E-state index in [2.05, 4.69) is 20.3 Å². The maximum Gasteiger partial charge on any atom is 0.415 e. The van der Waals surface area contributed by atoms with Crippen LogP contribution in [0.1, 0.15) is 51.0 Å². The SMILES string of the molecule is C[C@@]12C[C@@H](F)CN(C1)c1nc(OC[C@@]34CCCN3C[C@H](F)C4)nc3c(F)c(ncc13)-c1cc(OC(=O)N3CCC(C(F)(F)F)C3)cc3ccc(F)c(c13)CCCOC(=O)N2. The number of alkyl carbamates (subject to hydrolysis) is 1. The van der Waals surface area contributed by atoms with E-state index in [0.29, 0.717) is 13.0 Å². The molecular weight excluding hydrogens is 803 g/mol. The van der Waals surface area contributed by atoms with Crippen molar-refractivity contribution in [2.75, 3.05) is 57.4 Å². The molecule has 4 fully saturated rings. The van der Waals surface area contributed by atoms with Crippen molar-refractivity contribution in [1.82, 2.24) is 30.1 Å². The number of anilines is 1. The van der Waals surface area contributed by atoms with E-state index in [1.165, 1.54) is 30.5 Å². The monoisotopic (exact) mass is 845 g/mol. The van der Waals surface area contributed by atoms with Gasteiger partial charge in [0.05, 0.1) is 35.5 Å². The van der Waals surface area contributed by atoms with Crippen molar-refractivity contribution in [2.45, 2.75) is 81.5 Å². The topological polar surface area (TPSA) is 122 Å². The number of rotatable bonds is 4. The lowest BCUT2D eigenvalue weighted by Crippen LogP contribution is -2.60. The predicted molar refractivity (Wildman–Crippen MR) is 203 cm³/mol. The lowest BCUT2D eigenvalue weighted by Gasteiger charge is -2.42. The summed E-state index contributed by atoms with van der Waals surface area (Å²) in [6.07, 6.45) is -6.13. The van der Waals surface area contributed by atoms with Crippen LogP contribution in [0.15, 0.2) is 30.5 Å². The molecule has 0 spiro atoms. The van der Waals surface area contributed by atoms with Crippen LogP contribution in [-0.4, -0.2) is 119 Å². The van der Waals surface area contributed by atoms with Crippen LogP contribution >= 0.6 is 0 Å². The number of likely N-dealkylation sites (tertiary alicyclic amines) is 1. The number of halogens is 7. The summed E-state index contributed by atoms with van der Waals surface area (Å²) in [5.41, 5.74) is -2.36. The maximum atomic E-state index is 17.5. The molecule has 6 bridgehead atoms. The van der Waals surface area contributed by atoms with Crippen LogP contribution in [0.2, 0.25) is 0 Å². The number of carbonyl (C=O) groups is 2. The third-order valence-corrected chi connectivity index (χ3v) is 12.5. The van der Waals surface area contributed by atoms with Crippen LogP contribution in [0.5, 0.6) is 11.8 Å². The minimum atomic E-state index is -4.50. The molecule has 1 N–H and O–H groups in total. The third kappa shape index (κ3) is 7.46. The lowest BCUT2D eigenvalue weighted by atomic mass is 9.90. The molecule has 0 saturated carbocycles. The number of nitrogens with zero attached hydrogens (tertiary/aromatic N) is 6. The Labute approximate surface area is 339 Å². The van der Waals surface area contributed by atoms with Gasteiger partial charge >= 0.3 is 24.4 Å². The number of piperidine rings is 1. The van der Waals surface area contributed by atoms with Gasteiger partial charge in [0.1, 0.15) is 47.5 Å². The summed E-state index contributed by atoms with van der Waals surface area (Å²) in [5, 5.41) is 3.30. The van der Waals surface area contributed by atoms with Crippen LogP contribution in [0.25, 0.3) is 32.9 Å². The number of amides is 2. The fraction of sp³-hybridized carbons (Fsp3) is 0.537. The number of aryl methyl sites for hydroxylation is 1. The van der Waals surface area contributed by atoms with Crippen molar-refractivity contribution < 1.29 is 54.5 Å². The Morgan fingerprint density at radius 2 is 1.87 bits per heavy atom. The van der Waals surface area contributed by atoms with E-state index in [1.807, 2.05) is 4.90 Å². The summed E-state index contributed by atoms with van der Waals surface area (Å²) >= 11 is 0. The van der Waals surface area contributed by atoms with Crippen LogP contribution in [0.4, 0.5) is 46.1 Å². The van der Waals surface area contributed by atoms with Gasteiger partial charge in [-0.1, -0.05) is 6.07 Å². The van der Waals surface area contributed by atoms with E-state index >= 15 is 13.2 Å². The van der Waals surface area contributed by atoms with Crippen molar-refractivity contribution in [3.8, 4) is 23.0 Å². The van der Waals surface area contributed by atoms with Crippen molar-refractivity contribution >= 4 is 39.7 Å². The molecule has 0 radical (unpaired) electrons. The number of nitrogens with one attached hydrogen (secondary N) is 1. The molecule has 5 atom stereocenters. The van der Waals surface area contributed by atoms with Gasteiger partial charge in [0.15, 0.2) is 5.82 Å². The average molecular weight is 846 g/mol. The molecule has 2 amide bonds.